The lowest BCUT2D eigenvalue weighted by Gasteiger charge is -2.23. The van der Waals surface area contributed by atoms with Crippen LogP contribution in [0.2, 0.25) is 0 Å². The Morgan fingerprint density at radius 2 is 1.74 bits per heavy atom. The van der Waals surface area contributed by atoms with Gasteiger partial charge in [-0.1, -0.05) is 37.5 Å². The number of nitrogens with zero attached hydrogens (tertiary/aromatic N) is 1. The number of aromatic nitrogens is 1. The number of sulfonamides is 1. The summed E-state index contributed by atoms with van der Waals surface area (Å²) in [5, 5.41) is 0.851. The molecule has 1 N–H and O–H groups in total. The molecule has 8 heteroatoms. The van der Waals surface area contributed by atoms with Crippen molar-refractivity contribution in [2.24, 2.45) is 0 Å². The second kappa shape index (κ2) is 9.43. The van der Waals surface area contributed by atoms with Gasteiger partial charge in [0, 0.05) is 17.0 Å². The lowest BCUT2D eigenvalue weighted by atomic mass is 9.96. The minimum Gasteiger partial charge on any atom is -0.495 e. The molecule has 1 saturated carbocycles. The number of benzene rings is 2. The van der Waals surface area contributed by atoms with E-state index >= 15 is 0 Å². The van der Waals surface area contributed by atoms with Gasteiger partial charge in [-0.15, -0.1) is 0 Å². The largest absolute Gasteiger partial charge is 0.495 e. The van der Waals surface area contributed by atoms with Crippen molar-refractivity contribution in [1.82, 2.24) is 9.29 Å². The number of carbonyl (C=O) groups excluding carboxylic acids is 1. The van der Waals surface area contributed by atoms with Crippen LogP contribution in [0.25, 0.3) is 22.2 Å². The first kappa shape index (κ1) is 24.3. The molecule has 0 radical (unpaired) electrons. The maximum Gasteiger partial charge on any atom is 0.419 e. The summed E-state index contributed by atoms with van der Waals surface area (Å²) in [5.74, 6) is 0.256. The van der Waals surface area contributed by atoms with Gasteiger partial charge in [0.15, 0.2) is 0 Å². The molecule has 4 rings (SSSR count). The van der Waals surface area contributed by atoms with Crippen LogP contribution >= 0.6 is 0 Å². The van der Waals surface area contributed by atoms with Crippen LogP contribution in [0.5, 0.6) is 5.75 Å². The standard InChI is InChI=1S/C26H32N2O5S/c1-26(2,3)33-25(29)28-21-13-9-8-10-18(21)16-22(28)19-14-15-23(32-4)24(17-19)34(30,31)27-20-11-6-5-7-12-20/h8-10,13-17,20,27H,5-7,11-12H2,1-4H3. The van der Waals surface area contributed by atoms with E-state index in [-0.39, 0.29) is 16.7 Å². The Labute approximate surface area is 201 Å². The molecule has 0 saturated heterocycles. The molecule has 0 spiro atoms. The van der Waals surface area contributed by atoms with Crippen molar-refractivity contribution in [2.75, 3.05) is 7.11 Å². The number of rotatable bonds is 5. The topological polar surface area (TPSA) is 86.6 Å². The number of fused-ring (bicyclic) bond motifs is 1. The van der Waals surface area contributed by atoms with E-state index in [1.54, 1.807) is 18.2 Å². The fourth-order valence-electron chi connectivity index (χ4n) is 4.42. The number of methoxy groups -OCH3 is 1. The molecule has 0 aliphatic heterocycles. The van der Waals surface area contributed by atoms with E-state index in [1.165, 1.54) is 11.7 Å². The first-order chi connectivity index (χ1) is 16.1. The molecule has 1 aromatic heterocycles. The van der Waals surface area contributed by atoms with Gasteiger partial charge in [-0.25, -0.2) is 22.5 Å². The normalized spacial score (nSPS) is 15.4. The molecule has 3 aromatic rings. The lowest BCUT2D eigenvalue weighted by Crippen LogP contribution is -2.36. The molecule has 1 heterocycles. The first-order valence-corrected chi connectivity index (χ1v) is 13.1. The third-order valence-corrected chi connectivity index (χ3v) is 7.50. The second-order valence-electron chi connectivity index (χ2n) is 9.73. The summed E-state index contributed by atoms with van der Waals surface area (Å²) in [6.07, 6.45) is 4.29. The zero-order chi connectivity index (χ0) is 24.5. The Balaban J connectivity index is 1.82. The highest BCUT2D eigenvalue weighted by Gasteiger charge is 2.27. The zero-order valence-corrected chi connectivity index (χ0v) is 20.9. The number of hydrogen-bond acceptors (Lipinski definition) is 5. The van der Waals surface area contributed by atoms with Gasteiger partial charge >= 0.3 is 6.09 Å². The molecule has 34 heavy (non-hydrogen) atoms. The molecule has 0 bridgehead atoms. The maximum absolute atomic E-state index is 13.4. The van der Waals surface area contributed by atoms with Crippen LogP contribution in [0, 0.1) is 0 Å². The van der Waals surface area contributed by atoms with Crippen LogP contribution in [0.3, 0.4) is 0 Å². The van der Waals surface area contributed by atoms with Gasteiger partial charge in [-0.3, -0.25) is 0 Å². The smallest absolute Gasteiger partial charge is 0.419 e. The van der Waals surface area contributed by atoms with Gasteiger partial charge in [0.2, 0.25) is 10.0 Å². The van der Waals surface area contributed by atoms with Crippen molar-refractivity contribution < 1.29 is 22.7 Å². The predicted octanol–water partition coefficient (Wildman–Crippen LogP) is 5.71. The molecular formula is C26H32N2O5S. The highest BCUT2D eigenvalue weighted by molar-refractivity contribution is 7.89. The Hall–Kier alpha value is -2.84. The van der Waals surface area contributed by atoms with E-state index in [1.807, 2.05) is 51.1 Å². The van der Waals surface area contributed by atoms with Crippen LogP contribution in [0.4, 0.5) is 4.79 Å². The molecule has 1 fully saturated rings. The van der Waals surface area contributed by atoms with Crippen molar-refractivity contribution in [3.05, 3.63) is 48.5 Å². The molecule has 182 valence electrons. The van der Waals surface area contributed by atoms with Crippen LogP contribution in [0.15, 0.2) is 53.4 Å². The summed E-state index contributed by atoms with van der Waals surface area (Å²) in [4.78, 5) is 13.2. The molecular weight excluding hydrogens is 452 g/mol. The molecule has 0 unspecified atom stereocenters. The molecule has 1 aliphatic rings. The Bertz CT molecular complexity index is 1300. The Morgan fingerprint density at radius 3 is 2.41 bits per heavy atom. The van der Waals surface area contributed by atoms with Gasteiger partial charge in [-0.05, 0) is 63.9 Å². The SMILES string of the molecule is COc1ccc(-c2cc3ccccc3n2C(=O)OC(C)(C)C)cc1S(=O)(=O)NC1CCCCC1. The van der Waals surface area contributed by atoms with Gasteiger partial charge < -0.3 is 9.47 Å². The molecule has 0 atom stereocenters. The van der Waals surface area contributed by atoms with Crippen molar-refractivity contribution in [1.29, 1.82) is 0 Å². The minimum absolute atomic E-state index is 0.0547. The first-order valence-electron chi connectivity index (χ1n) is 11.6. The number of nitrogens with one attached hydrogen (secondary N) is 1. The van der Waals surface area contributed by atoms with Crippen molar-refractivity contribution in [2.45, 2.75) is 69.4 Å². The fourth-order valence-corrected chi connectivity index (χ4v) is 5.92. The predicted molar refractivity (Wildman–Crippen MR) is 133 cm³/mol. The summed E-state index contributed by atoms with van der Waals surface area (Å²) in [6, 6.07) is 14.2. The van der Waals surface area contributed by atoms with Gasteiger partial charge in [0.1, 0.15) is 16.2 Å². The third kappa shape index (κ3) is 5.13. The Kier molecular flexibility index (Phi) is 6.73. The fraction of sp³-hybridized carbons (Fsp3) is 0.423. The summed E-state index contributed by atoms with van der Waals surface area (Å²) in [6.45, 7) is 5.43. The van der Waals surface area contributed by atoms with Crippen molar-refractivity contribution in [3.63, 3.8) is 0 Å². The quantitative estimate of drug-likeness (QED) is 0.501. The maximum atomic E-state index is 13.4. The van der Waals surface area contributed by atoms with E-state index in [9.17, 15) is 13.2 Å². The monoisotopic (exact) mass is 484 g/mol. The highest BCUT2D eigenvalue weighted by atomic mass is 32.2. The highest BCUT2D eigenvalue weighted by Crippen LogP contribution is 2.34. The summed E-state index contributed by atoms with van der Waals surface area (Å²) in [5.41, 5.74) is 1.13. The average molecular weight is 485 g/mol. The lowest BCUT2D eigenvalue weighted by molar-refractivity contribution is 0.0547. The van der Waals surface area contributed by atoms with E-state index in [4.69, 9.17) is 9.47 Å². The van der Waals surface area contributed by atoms with E-state index in [2.05, 4.69) is 4.72 Å². The molecule has 1 aliphatic carbocycles. The van der Waals surface area contributed by atoms with Crippen molar-refractivity contribution in [3.8, 4) is 17.0 Å². The third-order valence-electron chi connectivity index (χ3n) is 5.96. The van der Waals surface area contributed by atoms with Gasteiger partial charge in [0.05, 0.1) is 18.3 Å². The number of para-hydroxylation sites is 1. The second-order valence-corrected chi connectivity index (χ2v) is 11.4. The molecule has 2 aromatic carbocycles. The van der Waals surface area contributed by atoms with E-state index < -0.39 is 21.7 Å². The Morgan fingerprint density at radius 1 is 1.03 bits per heavy atom. The van der Waals surface area contributed by atoms with Crippen LogP contribution < -0.4 is 9.46 Å². The average Bonchev–Trinajstić information content (AvgIpc) is 3.18. The van der Waals surface area contributed by atoms with Crippen LogP contribution in [0.1, 0.15) is 52.9 Å². The zero-order valence-electron chi connectivity index (χ0n) is 20.1. The number of carbonyl (C=O) groups is 1. The minimum atomic E-state index is -3.83. The van der Waals surface area contributed by atoms with Gasteiger partial charge in [-0.2, -0.15) is 0 Å². The summed E-state index contributed by atoms with van der Waals surface area (Å²) in [7, 11) is -2.37. The molecule has 7 nitrogen and oxygen atoms in total. The molecule has 0 amide bonds. The van der Waals surface area contributed by atoms with E-state index in [0.29, 0.717) is 16.8 Å². The number of hydrogen-bond donors (Lipinski definition) is 1. The summed E-state index contributed by atoms with van der Waals surface area (Å²) >= 11 is 0. The van der Waals surface area contributed by atoms with Crippen LogP contribution in [-0.4, -0.2) is 37.8 Å². The summed E-state index contributed by atoms with van der Waals surface area (Å²) < 4.78 is 42.1. The van der Waals surface area contributed by atoms with Crippen LogP contribution in [-0.2, 0) is 14.8 Å². The number of ether oxygens (including phenoxy) is 2. The van der Waals surface area contributed by atoms with Crippen molar-refractivity contribution >= 4 is 27.0 Å². The van der Waals surface area contributed by atoms with E-state index in [0.717, 1.165) is 37.5 Å². The van der Waals surface area contributed by atoms with Gasteiger partial charge in [0.25, 0.3) is 0 Å².